The molecule has 0 unspecified atom stereocenters. The maximum absolute atomic E-state index is 12.6. The van der Waals surface area contributed by atoms with Gasteiger partial charge in [0, 0.05) is 23.9 Å². The molecule has 1 amide bonds. The van der Waals surface area contributed by atoms with Crippen LogP contribution in [0.15, 0.2) is 42.6 Å². The summed E-state index contributed by atoms with van der Waals surface area (Å²) in [6.07, 6.45) is -0.863. The Morgan fingerprint density at radius 3 is 2.27 bits per heavy atom. The lowest BCUT2D eigenvalue weighted by molar-refractivity contribution is -0.137. The first kappa shape index (κ1) is 21.9. The highest BCUT2D eigenvalue weighted by atomic mass is 19.4. The van der Waals surface area contributed by atoms with E-state index in [1.165, 1.54) is 6.07 Å². The number of hydrogen-bond acceptors (Lipinski definition) is 4. The highest BCUT2D eigenvalue weighted by Crippen LogP contribution is 2.30. The van der Waals surface area contributed by atoms with Crippen LogP contribution in [-0.2, 0) is 6.18 Å². The van der Waals surface area contributed by atoms with Gasteiger partial charge in [-0.3, -0.25) is 4.79 Å². The van der Waals surface area contributed by atoms with Crippen molar-refractivity contribution < 1.29 is 27.4 Å². The number of alkyl halides is 3. The first-order valence-corrected chi connectivity index (χ1v) is 9.98. The number of ether oxygens (including phenoxy) is 2. The van der Waals surface area contributed by atoms with E-state index in [9.17, 15) is 18.0 Å². The van der Waals surface area contributed by atoms with Crippen molar-refractivity contribution in [1.82, 2.24) is 10.3 Å². The van der Waals surface area contributed by atoms with Crippen LogP contribution in [-0.4, -0.2) is 29.1 Å². The molecule has 0 aliphatic heterocycles. The number of nitrogens with one attached hydrogen (secondary N) is 1. The van der Waals surface area contributed by atoms with Crippen LogP contribution in [0.1, 0.15) is 55.5 Å². The molecule has 1 saturated carbocycles. The second kappa shape index (κ2) is 9.36. The summed E-state index contributed by atoms with van der Waals surface area (Å²) >= 11 is 0. The van der Waals surface area contributed by atoms with Crippen molar-refractivity contribution in [3.63, 3.8) is 0 Å². The van der Waals surface area contributed by atoms with Gasteiger partial charge in [-0.2, -0.15) is 13.2 Å². The third kappa shape index (κ3) is 6.11. The van der Waals surface area contributed by atoms with Crippen molar-refractivity contribution in [3.8, 4) is 11.6 Å². The average Bonchev–Trinajstić information content (AvgIpc) is 2.69. The molecular formula is C22H25F3N2O3. The molecule has 162 valence electrons. The van der Waals surface area contributed by atoms with E-state index in [4.69, 9.17) is 9.47 Å². The Morgan fingerprint density at radius 1 is 1.07 bits per heavy atom. The van der Waals surface area contributed by atoms with Crippen molar-refractivity contribution in [2.24, 2.45) is 0 Å². The van der Waals surface area contributed by atoms with Crippen LogP contribution in [0.3, 0.4) is 0 Å². The van der Waals surface area contributed by atoms with Crippen LogP contribution in [0, 0.1) is 0 Å². The standard InChI is InChI=1S/C22H25F3N2O3/c1-14(2)29-18-8-3-15(4-9-18)21(28)27-17-6-10-19(11-7-17)30-20-12-5-16(13-26-20)22(23,24)25/h3-5,8-9,12-14,17,19H,6-7,10-11H2,1-2H3,(H,27,28). The zero-order chi connectivity index (χ0) is 21.7. The molecule has 1 N–H and O–H groups in total. The number of carbonyl (C=O) groups excluding carboxylic acids is 1. The van der Waals surface area contributed by atoms with E-state index in [0.717, 1.165) is 30.9 Å². The Morgan fingerprint density at radius 2 is 1.73 bits per heavy atom. The minimum absolute atomic E-state index is 0.0319. The van der Waals surface area contributed by atoms with Crippen molar-refractivity contribution in [3.05, 3.63) is 53.7 Å². The lowest BCUT2D eigenvalue weighted by Crippen LogP contribution is -2.39. The zero-order valence-electron chi connectivity index (χ0n) is 16.9. The lowest BCUT2D eigenvalue weighted by atomic mass is 9.92. The smallest absolute Gasteiger partial charge is 0.417 e. The molecule has 1 fully saturated rings. The Labute approximate surface area is 173 Å². The van der Waals surface area contributed by atoms with E-state index < -0.39 is 11.7 Å². The molecule has 1 aromatic heterocycles. The number of carbonyl (C=O) groups is 1. The van der Waals surface area contributed by atoms with Crippen molar-refractivity contribution in [2.45, 2.75) is 64.0 Å². The van der Waals surface area contributed by atoms with Gasteiger partial charge in [-0.05, 0) is 69.9 Å². The van der Waals surface area contributed by atoms with Gasteiger partial charge in [0.05, 0.1) is 11.7 Å². The van der Waals surface area contributed by atoms with E-state index in [-0.39, 0.29) is 30.0 Å². The molecule has 0 bridgehead atoms. The van der Waals surface area contributed by atoms with Crippen LogP contribution in [0.4, 0.5) is 13.2 Å². The molecule has 2 aromatic rings. The number of nitrogens with zero attached hydrogens (tertiary/aromatic N) is 1. The van der Waals surface area contributed by atoms with Gasteiger partial charge in [-0.25, -0.2) is 4.98 Å². The Balaban J connectivity index is 1.45. The first-order chi connectivity index (χ1) is 14.2. The molecule has 5 nitrogen and oxygen atoms in total. The number of aromatic nitrogens is 1. The van der Waals surface area contributed by atoms with E-state index in [0.29, 0.717) is 18.4 Å². The maximum atomic E-state index is 12.6. The van der Waals surface area contributed by atoms with Gasteiger partial charge in [0.15, 0.2) is 0 Å². The fourth-order valence-electron chi connectivity index (χ4n) is 3.34. The minimum Gasteiger partial charge on any atom is -0.491 e. The number of pyridine rings is 1. The fraction of sp³-hybridized carbons (Fsp3) is 0.455. The summed E-state index contributed by atoms with van der Waals surface area (Å²) in [7, 11) is 0. The molecule has 30 heavy (non-hydrogen) atoms. The summed E-state index contributed by atoms with van der Waals surface area (Å²) in [5.74, 6) is 0.759. The molecule has 1 aromatic carbocycles. The van der Waals surface area contributed by atoms with Crippen LogP contribution in [0.25, 0.3) is 0 Å². The third-order valence-corrected chi connectivity index (χ3v) is 4.85. The number of hydrogen-bond donors (Lipinski definition) is 1. The van der Waals surface area contributed by atoms with Crippen LogP contribution < -0.4 is 14.8 Å². The fourth-order valence-corrected chi connectivity index (χ4v) is 3.34. The summed E-state index contributed by atoms with van der Waals surface area (Å²) in [6, 6.07) is 9.25. The van der Waals surface area contributed by atoms with Gasteiger partial charge in [0.25, 0.3) is 5.91 Å². The third-order valence-electron chi connectivity index (χ3n) is 4.85. The second-order valence-corrected chi connectivity index (χ2v) is 7.64. The van der Waals surface area contributed by atoms with E-state index in [2.05, 4.69) is 10.3 Å². The second-order valence-electron chi connectivity index (χ2n) is 7.64. The monoisotopic (exact) mass is 422 g/mol. The Kier molecular flexibility index (Phi) is 6.84. The normalized spacial score (nSPS) is 19.4. The van der Waals surface area contributed by atoms with E-state index >= 15 is 0 Å². The lowest BCUT2D eigenvalue weighted by Gasteiger charge is -2.29. The molecule has 3 rings (SSSR count). The topological polar surface area (TPSA) is 60.5 Å². The summed E-state index contributed by atoms with van der Waals surface area (Å²) < 4.78 is 49.1. The summed E-state index contributed by atoms with van der Waals surface area (Å²) in [5.41, 5.74) is -0.233. The van der Waals surface area contributed by atoms with Crippen LogP contribution in [0.5, 0.6) is 11.6 Å². The van der Waals surface area contributed by atoms with E-state index in [1.54, 1.807) is 24.3 Å². The molecule has 1 aliphatic rings. The molecular weight excluding hydrogens is 397 g/mol. The van der Waals surface area contributed by atoms with Gasteiger partial charge in [-0.15, -0.1) is 0 Å². The first-order valence-electron chi connectivity index (χ1n) is 9.98. The maximum Gasteiger partial charge on any atom is 0.417 e. The van der Waals surface area contributed by atoms with Gasteiger partial charge < -0.3 is 14.8 Å². The minimum atomic E-state index is -4.41. The van der Waals surface area contributed by atoms with Crippen LogP contribution >= 0.6 is 0 Å². The van der Waals surface area contributed by atoms with Crippen molar-refractivity contribution in [2.75, 3.05) is 0 Å². The largest absolute Gasteiger partial charge is 0.491 e. The number of rotatable bonds is 6. The molecule has 1 aliphatic carbocycles. The SMILES string of the molecule is CC(C)Oc1ccc(C(=O)NC2CCC(Oc3ccc(C(F)(F)F)cn3)CC2)cc1. The summed E-state index contributed by atoms with van der Waals surface area (Å²) in [5, 5.41) is 3.03. The predicted octanol–water partition coefficient (Wildman–Crippen LogP) is 5.01. The average molecular weight is 422 g/mol. The molecule has 0 spiro atoms. The number of amides is 1. The van der Waals surface area contributed by atoms with Crippen LogP contribution in [0.2, 0.25) is 0 Å². The molecule has 0 radical (unpaired) electrons. The number of halogens is 3. The highest BCUT2D eigenvalue weighted by Gasteiger charge is 2.31. The number of benzene rings is 1. The predicted molar refractivity (Wildman–Crippen MR) is 106 cm³/mol. The van der Waals surface area contributed by atoms with Gasteiger partial charge in [0.2, 0.25) is 5.88 Å². The van der Waals surface area contributed by atoms with Gasteiger partial charge in [-0.1, -0.05) is 0 Å². The van der Waals surface area contributed by atoms with Crippen molar-refractivity contribution >= 4 is 5.91 Å². The quantitative estimate of drug-likeness (QED) is 0.711. The Bertz CT molecular complexity index is 828. The zero-order valence-corrected chi connectivity index (χ0v) is 16.9. The summed E-state index contributed by atoms with van der Waals surface area (Å²) in [6.45, 7) is 3.88. The molecule has 8 heteroatoms. The molecule has 0 atom stereocenters. The Hall–Kier alpha value is -2.77. The summed E-state index contributed by atoms with van der Waals surface area (Å²) in [4.78, 5) is 16.2. The van der Waals surface area contributed by atoms with Gasteiger partial charge >= 0.3 is 6.18 Å². The molecule has 1 heterocycles. The highest BCUT2D eigenvalue weighted by molar-refractivity contribution is 5.94. The van der Waals surface area contributed by atoms with Gasteiger partial charge in [0.1, 0.15) is 11.9 Å². The molecule has 0 saturated heterocycles. The van der Waals surface area contributed by atoms with E-state index in [1.807, 2.05) is 13.8 Å². The van der Waals surface area contributed by atoms with Crippen molar-refractivity contribution in [1.29, 1.82) is 0 Å².